The molecule has 1 spiro atoms. The molecule has 0 bridgehead atoms. The molecule has 3 fully saturated rings. The molecule has 19 heavy (non-hydrogen) atoms. The van der Waals surface area contributed by atoms with Gasteiger partial charge in [-0.2, -0.15) is 0 Å². The second kappa shape index (κ2) is 5.15. The van der Waals surface area contributed by atoms with Gasteiger partial charge in [-0.25, -0.2) is 0 Å². The van der Waals surface area contributed by atoms with E-state index < -0.39 is 5.60 Å². The normalized spacial score (nSPS) is 32.8. The molecule has 3 rings (SSSR count). The molecule has 0 aromatic carbocycles. The summed E-state index contributed by atoms with van der Waals surface area (Å²) < 4.78 is 16.9. The van der Waals surface area contributed by atoms with Crippen LogP contribution in [-0.2, 0) is 19.0 Å². The molecule has 2 heterocycles. The Morgan fingerprint density at radius 3 is 2.47 bits per heavy atom. The summed E-state index contributed by atoms with van der Waals surface area (Å²) in [5.41, 5.74) is -0.566. The fraction of sp³-hybridized carbons (Fsp3) is 0.933. The molecule has 0 N–H and O–H groups in total. The Labute approximate surface area is 114 Å². The molecule has 1 unspecified atom stereocenters. The van der Waals surface area contributed by atoms with Crippen molar-refractivity contribution in [1.82, 2.24) is 0 Å². The molecule has 108 valence electrons. The number of ether oxygens (including phenoxy) is 3. The summed E-state index contributed by atoms with van der Waals surface area (Å²) >= 11 is 0. The third-order valence-corrected chi connectivity index (χ3v) is 5.27. The van der Waals surface area contributed by atoms with E-state index in [9.17, 15) is 4.79 Å². The van der Waals surface area contributed by atoms with Crippen molar-refractivity contribution in [3.05, 3.63) is 0 Å². The molecule has 2 saturated heterocycles. The van der Waals surface area contributed by atoms with Gasteiger partial charge in [0.25, 0.3) is 0 Å². The molecule has 3 aliphatic rings. The van der Waals surface area contributed by atoms with Crippen molar-refractivity contribution < 1.29 is 19.0 Å². The van der Waals surface area contributed by atoms with E-state index in [0.29, 0.717) is 31.8 Å². The van der Waals surface area contributed by atoms with Crippen LogP contribution in [-0.4, -0.2) is 43.9 Å². The third kappa shape index (κ3) is 2.34. The zero-order valence-electron chi connectivity index (χ0n) is 11.8. The number of ketones is 1. The van der Waals surface area contributed by atoms with Gasteiger partial charge in [-0.3, -0.25) is 4.79 Å². The molecule has 0 aromatic rings. The van der Waals surface area contributed by atoms with Crippen LogP contribution in [0.25, 0.3) is 0 Å². The van der Waals surface area contributed by atoms with E-state index in [1.165, 1.54) is 6.42 Å². The predicted molar refractivity (Wildman–Crippen MR) is 70.1 cm³/mol. The molecule has 0 radical (unpaired) electrons. The quantitative estimate of drug-likeness (QED) is 0.786. The highest BCUT2D eigenvalue weighted by Gasteiger charge is 2.49. The number of carbonyl (C=O) groups excluding carboxylic acids is 1. The number of hydrogen-bond donors (Lipinski definition) is 0. The number of rotatable bonds is 3. The first-order valence-electron chi connectivity index (χ1n) is 7.51. The van der Waals surface area contributed by atoms with Gasteiger partial charge in [-0.05, 0) is 32.1 Å². The van der Waals surface area contributed by atoms with Crippen LogP contribution < -0.4 is 0 Å². The smallest absolute Gasteiger partial charge is 0.168 e. The van der Waals surface area contributed by atoms with Gasteiger partial charge < -0.3 is 14.2 Å². The second-order valence-corrected chi connectivity index (χ2v) is 6.25. The summed E-state index contributed by atoms with van der Waals surface area (Å²) in [5.74, 6) is 0.417. The van der Waals surface area contributed by atoms with Crippen molar-refractivity contribution in [3.8, 4) is 0 Å². The largest absolute Gasteiger partial charge is 0.381 e. The monoisotopic (exact) mass is 268 g/mol. The lowest BCUT2D eigenvalue weighted by Crippen LogP contribution is -2.53. The first kappa shape index (κ1) is 13.5. The van der Waals surface area contributed by atoms with Crippen LogP contribution in [0.1, 0.15) is 44.9 Å². The minimum atomic E-state index is -0.592. The van der Waals surface area contributed by atoms with Crippen molar-refractivity contribution in [2.75, 3.05) is 26.9 Å². The highest BCUT2D eigenvalue weighted by atomic mass is 16.5. The van der Waals surface area contributed by atoms with E-state index in [-0.39, 0.29) is 11.5 Å². The van der Waals surface area contributed by atoms with Gasteiger partial charge >= 0.3 is 0 Å². The van der Waals surface area contributed by atoms with Crippen molar-refractivity contribution in [2.24, 2.45) is 5.92 Å². The van der Waals surface area contributed by atoms with Gasteiger partial charge in [0.1, 0.15) is 5.60 Å². The van der Waals surface area contributed by atoms with Gasteiger partial charge in [-0.1, -0.05) is 0 Å². The van der Waals surface area contributed by atoms with Gasteiger partial charge in [0.05, 0.1) is 5.60 Å². The first-order chi connectivity index (χ1) is 9.20. The number of carbonyl (C=O) groups is 1. The lowest BCUT2D eigenvalue weighted by molar-refractivity contribution is -0.175. The Hall–Kier alpha value is -0.450. The minimum Gasteiger partial charge on any atom is -0.381 e. The Balaban J connectivity index is 1.71. The van der Waals surface area contributed by atoms with Crippen LogP contribution in [0.3, 0.4) is 0 Å². The highest BCUT2D eigenvalue weighted by Crippen LogP contribution is 2.46. The zero-order valence-corrected chi connectivity index (χ0v) is 11.8. The molecule has 4 nitrogen and oxygen atoms in total. The van der Waals surface area contributed by atoms with E-state index in [1.54, 1.807) is 7.11 Å². The molecule has 4 heteroatoms. The third-order valence-electron chi connectivity index (χ3n) is 5.27. The van der Waals surface area contributed by atoms with Crippen LogP contribution in [0, 0.1) is 5.92 Å². The van der Waals surface area contributed by atoms with Gasteiger partial charge in [-0.15, -0.1) is 0 Å². The molecule has 0 amide bonds. The predicted octanol–water partition coefficient (Wildman–Crippen LogP) is 2.10. The average molecular weight is 268 g/mol. The Morgan fingerprint density at radius 1 is 1.16 bits per heavy atom. The maximum absolute atomic E-state index is 12.9. The summed E-state index contributed by atoms with van der Waals surface area (Å²) in [4.78, 5) is 12.9. The molecule has 0 aromatic heterocycles. The molecule has 2 aliphatic heterocycles. The summed E-state index contributed by atoms with van der Waals surface area (Å²) in [6.07, 6.45) is 6.65. The maximum Gasteiger partial charge on any atom is 0.168 e. The summed E-state index contributed by atoms with van der Waals surface area (Å²) in [6, 6.07) is 0. The summed E-state index contributed by atoms with van der Waals surface area (Å²) in [5, 5.41) is 0. The second-order valence-electron chi connectivity index (χ2n) is 6.25. The van der Waals surface area contributed by atoms with E-state index in [1.807, 2.05) is 0 Å². The summed E-state index contributed by atoms with van der Waals surface area (Å²) in [6.45, 7) is 1.99. The maximum atomic E-state index is 12.9. The minimum absolute atomic E-state index is 0.0265. The molecule has 1 aliphatic carbocycles. The average Bonchev–Trinajstić information content (AvgIpc) is 2.45. The zero-order chi connectivity index (χ0) is 13.3. The van der Waals surface area contributed by atoms with Crippen LogP contribution in [0.15, 0.2) is 0 Å². The van der Waals surface area contributed by atoms with E-state index in [4.69, 9.17) is 14.2 Å². The van der Waals surface area contributed by atoms with Gasteiger partial charge in [0, 0.05) is 45.7 Å². The van der Waals surface area contributed by atoms with Gasteiger partial charge in [0.2, 0.25) is 0 Å². The van der Waals surface area contributed by atoms with E-state index in [0.717, 1.165) is 32.3 Å². The topological polar surface area (TPSA) is 44.8 Å². The molecular formula is C15H24O4. The number of methoxy groups -OCH3 is 1. The number of Topliss-reactive ketones (excluding diaryl/α,β-unsaturated/α-hetero) is 1. The van der Waals surface area contributed by atoms with Crippen LogP contribution in [0.2, 0.25) is 0 Å². The van der Waals surface area contributed by atoms with Gasteiger partial charge in [0.15, 0.2) is 5.78 Å². The SMILES string of the molecule is COC1(C(=O)C2CCOC3(CCC3)C2)CCOCC1. The Bertz CT molecular complexity index is 342. The Morgan fingerprint density at radius 2 is 1.89 bits per heavy atom. The van der Waals surface area contributed by atoms with Crippen LogP contribution >= 0.6 is 0 Å². The molecular weight excluding hydrogens is 244 g/mol. The van der Waals surface area contributed by atoms with Crippen molar-refractivity contribution >= 4 is 5.78 Å². The summed E-state index contributed by atoms with van der Waals surface area (Å²) in [7, 11) is 1.67. The van der Waals surface area contributed by atoms with Crippen molar-refractivity contribution in [2.45, 2.75) is 56.1 Å². The van der Waals surface area contributed by atoms with Crippen molar-refractivity contribution in [3.63, 3.8) is 0 Å². The van der Waals surface area contributed by atoms with Crippen LogP contribution in [0.5, 0.6) is 0 Å². The van der Waals surface area contributed by atoms with Crippen molar-refractivity contribution in [1.29, 1.82) is 0 Å². The first-order valence-corrected chi connectivity index (χ1v) is 7.51. The fourth-order valence-corrected chi connectivity index (χ4v) is 3.80. The van der Waals surface area contributed by atoms with E-state index >= 15 is 0 Å². The Kier molecular flexibility index (Phi) is 3.67. The van der Waals surface area contributed by atoms with Crippen LogP contribution in [0.4, 0.5) is 0 Å². The molecule has 1 atom stereocenters. The fourth-order valence-electron chi connectivity index (χ4n) is 3.80. The number of hydrogen-bond acceptors (Lipinski definition) is 4. The lowest BCUT2D eigenvalue weighted by atomic mass is 9.68. The lowest BCUT2D eigenvalue weighted by Gasteiger charge is -2.48. The molecule has 1 saturated carbocycles. The highest BCUT2D eigenvalue weighted by molar-refractivity contribution is 5.89. The van der Waals surface area contributed by atoms with E-state index in [2.05, 4.69) is 0 Å². The standard InChI is InChI=1S/C15H24O4/c1-17-15(6-9-18-10-7-15)13(16)12-3-8-19-14(11-12)4-2-5-14/h12H,2-11H2,1H3.